The van der Waals surface area contributed by atoms with Gasteiger partial charge in [-0.1, -0.05) is 22.6 Å². The van der Waals surface area contributed by atoms with Gasteiger partial charge >= 0.3 is 29.6 Å². The molecule has 0 N–H and O–H groups in total. The van der Waals surface area contributed by atoms with Gasteiger partial charge in [0.15, 0.2) is 0 Å². The first kappa shape index (κ1) is 18.3. The molecule has 0 amide bonds. The maximum absolute atomic E-state index is 5.17. The molecule has 0 aliphatic carbocycles. The van der Waals surface area contributed by atoms with Crippen LogP contribution >= 0.6 is 22.6 Å². The van der Waals surface area contributed by atoms with Crippen LogP contribution in [0.5, 0.6) is 0 Å². The minimum atomic E-state index is 0. The molecule has 0 aromatic rings. The largest absolute Gasteiger partial charge is 1.00 e. The predicted octanol–water partition coefficient (Wildman–Crippen LogP) is -3.76. The van der Waals surface area contributed by atoms with Gasteiger partial charge in [-0.25, -0.2) is 0 Å². The molecule has 0 saturated carbocycles. The Hall–Kier alpha value is 2.42. The van der Waals surface area contributed by atoms with Gasteiger partial charge in [0.05, 0.1) is 5.60 Å². The number of halogens is 2. The van der Waals surface area contributed by atoms with Gasteiger partial charge in [0, 0.05) is 11.5 Å². The van der Waals surface area contributed by atoms with Gasteiger partial charge in [-0.05, 0) is 20.3 Å². The van der Waals surface area contributed by atoms with Crippen LogP contribution in [0, 0.1) is 0 Å². The van der Waals surface area contributed by atoms with E-state index in [2.05, 4.69) is 36.4 Å². The molecule has 0 aliphatic rings. The van der Waals surface area contributed by atoms with Gasteiger partial charge in [0.25, 0.3) is 0 Å². The second-order valence-corrected chi connectivity index (χ2v) is 3.48. The van der Waals surface area contributed by atoms with E-state index in [9.17, 15) is 0 Å². The smallest absolute Gasteiger partial charge is 1.00 e. The number of rotatable bonds is 3. The first-order valence-corrected chi connectivity index (χ1v) is 4.26. The van der Waals surface area contributed by atoms with E-state index in [1.165, 1.54) is 4.43 Å². The minimum absolute atomic E-state index is 0. The number of ether oxygens (including phenoxy) is 1. The fourth-order valence-electron chi connectivity index (χ4n) is 0.330. The molecule has 0 aromatic heterocycles. The molecule has 0 fully saturated rings. The van der Waals surface area contributed by atoms with Gasteiger partial charge < -0.3 is 28.7 Å². The first-order valence-electron chi connectivity index (χ1n) is 2.73. The summed E-state index contributed by atoms with van der Waals surface area (Å²) >= 11 is 2.36. The maximum atomic E-state index is 5.17. The third-order valence-electron chi connectivity index (χ3n) is 1.25. The Labute approximate surface area is 116 Å². The fraction of sp³-hybridized carbons (Fsp3) is 1.00. The summed E-state index contributed by atoms with van der Waals surface area (Å²) in [4.78, 5) is 0. The van der Waals surface area contributed by atoms with Crippen molar-refractivity contribution in [1.82, 2.24) is 0 Å². The average Bonchev–Trinajstić information content (AvgIpc) is 1.67. The molecule has 10 heavy (non-hydrogen) atoms. The topological polar surface area (TPSA) is 9.23 Å². The summed E-state index contributed by atoms with van der Waals surface area (Å²) in [5.74, 6) is 0. The molecular formula is C6H13I2NaO. The van der Waals surface area contributed by atoms with E-state index >= 15 is 0 Å². The van der Waals surface area contributed by atoms with Crippen LogP contribution in [0.15, 0.2) is 0 Å². The molecule has 1 nitrogen and oxygen atoms in total. The Morgan fingerprint density at radius 2 is 1.80 bits per heavy atom. The summed E-state index contributed by atoms with van der Waals surface area (Å²) in [6, 6.07) is 0. The van der Waals surface area contributed by atoms with Crippen molar-refractivity contribution < 1.29 is 58.3 Å². The second kappa shape index (κ2) is 9.51. The molecule has 0 unspecified atom stereocenters. The Kier molecular flexibility index (Phi) is 17.4. The Balaban J connectivity index is -0.000000245. The van der Waals surface area contributed by atoms with Crippen molar-refractivity contribution in [1.29, 1.82) is 0 Å². The Morgan fingerprint density at radius 1 is 1.40 bits per heavy atom. The van der Waals surface area contributed by atoms with E-state index in [0.717, 1.165) is 6.42 Å². The van der Waals surface area contributed by atoms with E-state index in [1.54, 1.807) is 7.11 Å². The molecule has 0 saturated heterocycles. The zero-order valence-corrected chi connectivity index (χ0v) is 13.4. The van der Waals surface area contributed by atoms with Crippen molar-refractivity contribution in [3.63, 3.8) is 0 Å². The van der Waals surface area contributed by atoms with Crippen molar-refractivity contribution in [2.45, 2.75) is 25.9 Å². The van der Waals surface area contributed by atoms with Crippen LogP contribution in [-0.2, 0) is 4.74 Å². The molecular weight excluding hydrogens is 365 g/mol. The molecule has 58 valence electrons. The minimum Gasteiger partial charge on any atom is -1.00 e. The quantitative estimate of drug-likeness (QED) is 0.279. The first-order chi connectivity index (χ1) is 3.62. The van der Waals surface area contributed by atoms with Crippen molar-refractivity contribution in [2.75, 3.05) is 11.5 Å². The summed E-state index contributed by atoms with van der Waals surface area (Å²) in [6.07, 6.45) is 1.13. The molecule has 0 atom stereocenters. The normalized spacial score (nSPS) is 9.60. The number of hydrogen-bond donors (Lipinski definition) is 0. The molecule has 0 aliphatic heterocycles. The van der Waals surface area contributed by atoms with Gasteiger partial charge in [0.2, 0.25) is 0 Å². The van der Waals surface area contributed by atoms with Crippen LogP contribution in [0.25, 0.3) is 0 Å². The van der Waals surface area contributed by atoms with Gasteiger partial charge in [-0.15, -0.1) is 0 Å². The molecule has 0 rings (SSSR count). The van der Waals surface area contributed by atoms with E-state index in [-0.39, 0.29) is 59.1 Å². The van der Waals surface area contributed by atoms with Crippen LogP contribution in [0.1, 0.15) is 20.3 Å². The summed E-state index contributed by atoms with van der Waals surface area (Å²) < 4.78 is 6.34. The molecule has 0 heterocycles. The summed E-state index contributed by atoms with van der Waals surface area (Å²) in [6.45, 7) is 4.21. The van der Waals surface area contributed by atoms with E-state index in [0.29, 0.717) is 0 Å². The second-order valence-electron chi connectivity index (χ2n) is 2.40. The zero-order chi connectivity index (χ0) is 6.62. The van der Waals surface area contributed by atoms with E-state index < -0.39 is 0 Å². The summed E-state index contributed by atoms with van der Waals surface area (Å²) in [7, 11) is 1.76. The van der Waals surface area contributed by atoms with Crippen molar-refractivity contribution in [2.24, 2.45) is 0 Å². The standard InChI is InChI=1S/C6H13IO.HI.Na/c1-6(2,8-3)4-5-7;;/h4-5H2,1-3H3;1H;/q;;+1/p-1. The van der Waals surface area contributed by atoms with Crippen LogP contribution in [0.3, 0.4) is 0 Å². The average molecular weight is 378 g/mol. The van der Waals surface area contributed by atoms with Crippen LogP contribution in [-0.4, -0.2) is 17.1 Å². The maximum Gasteiger partial charge on any atom is 1.00 e. The molecule has 4 heteroatoms. The summed E-state index contributed by atoms with van der Waals surface area (Å²) in [5.41, 5.74) is 0.0845. The van der Waals surface area contributed by atoms with Gasteiger partial charge in [-0.3, -0.25) is 0 Å². The number of hydrogen-bond acceptors (Lipinski definition) is 1. The summed E-state index contributed by atoms with van der Waals surface area (Å²) in [5, 5.41) is 0. The van der Waals surface area contributed by atoms with Crippen LogP contribution < -0.4 is 53.5 Å². The zero-order valence-electron chi connectivity index (χ0n) is 7.08. The van der Waals surface area contributed by atoms with Crippen molar-refractivity contribution in [3.05, 3.63) is 0 Å². The van der Waals surface area contributed by atoms with Gasteiger partial charge in [-0.2, -0.15) is 0 Å². The van der Waals surface area contributed by atoms with Crippen molar-refractivity contribution >= 4 is 22.6 Å². The fourth-order valence-corrected chi connectivity index (χ4v) is 1.63. The SMILES string of the molecule is COC(C)(C)CCI.[I-].[Na+]. The van der Waals surface area contributed by atoms with Gasteiger partial charge in [0.1, 0.15) is 0 Å². The monoisotopic (exact) mass is 378 g/mol. The van der Waals surface area contributed by atoms with Crippen LogP contribution in [0.2, 0.25) is 0 Å². The third kappa shape index (κ3) is 10.4. The number of alkyl halides is 1. The predicted molar refractivity (Wildman–Crippen MR) is 44.6 cm³/mol. The molecule has 0 bridgehead atoms. The third-order valence-corrected chi connectivity index (χ3v) is 1.79. The van der Waals surface area contributed by atoms with E-state index in [1.807, 2.05) is 0 Å². The Bertz CT molecular complexity index is 68.8. The van der Waals surface area contributed by atoms with Crippen molar-refractivity contribution in [3.8, 4) is 0 Å². The molecule has 0 radical (unpaired) electrons. The molecule has 0 aromatic carbocycles. The van der Waals surface area contributed by atoms with E-state index in [4.69, 9.17) is 4.74 Å². The number of methoxy groups -OCH3 is 1. The van der Waals surface area contributed by atoms with Crippen LogP contribution in [0.4, 0.5) is 0 Å². The Morgan fingerprint density at radius 3 is 1.90 bits per heavy atom. The molecule has 0 spiro atoms.